The molecule has 20 heavy (non-hydrogen) atoms. The standard InChI is InChI=1S/C14H17F2NO3/c15-8-14(4-6-20-7-5-14)9-17-13(19)10-2-1-3-11(16)12(10)18/h1-3,18H,4-9H2,(H,17,19). The van der Waals surface area contributed by atoms with Gasteiger partial charge in [-0.3, -0.25) is 9.18 Å². The van der Waals surface area contributed by atoms with Gasteiger partial charge in [0.2, 0.25) is 0 Å². The average molecular weight is 285 g/mol. The van der Waals surface area contributed by atoms with Gasteiger partial charge < -0.3 is 15.2 Å². The molecule has 1 aliphatic heterocycles. The molecule has 2 rings (SSSR count). The van der Waals surface area contributed by atoms with E-state index >= 15 is 0 Å². The van der Waals surface area contributed by atoms with E-state index in [9.17, 15) is 18.7 Å². The lowest BCUT2D eigenvalue weighted by Crippen LogP contribution is -2.42. The fourth-order valence-corrected chi connectivity index (χ4v) is 2.22. The summed E-state index contributed by atoms with van der Waals surface area (Å²) in [5.74, 6) is -2.16. The van der Waals surface area contributed by atoms with Crippen LogP contribution in [0, 0.1) is 11.2 Å². The van der Waals surface area contributed by atoms with Gasteiger partial charge in [-0.2, -0.15) is 0 Å². The van der Waals surface area contributed by atoms with Gasteiger partial charge in [-0.15, -0.1) is 0 Å². The number of carbonyl (C=O) groups excluding carboxylic acids is 1. The van der Waals surface area contributed by atoms with Crippen LogP contribution in [0.15, 0.2) is 18.2 Å². The van der Waals surface area contributed by atoms with Crippen LogP contribution in [0.2, 0.25) is 0 Å². The van der Waals surface area contributed by atoms with Gasteiger partial charge in [-0.25, -0.2) is 4.39 Å². The summed E-state index contributed by atoms with van der Waals surface area (Å²) in [5.41, 5.74) is -0.775. The van der Waals surface area contributed by atoms with E-state index in [1.165, 1.54) is 12.1 Å². The maximum Gasteiger partial charge on any atom is 0.255 e. The molecule has 0 aliphatic carbocycles. The zero-order valence-corrected chi connectivity index (χ0v) is 11.0. The molecular formula is C14H17F2NO3. The number of carbonyl (C=O) groups is 1. The largest absolute Gasteiger partial charge is 0.504 e. The highest BCUT2D eigenvalue weighted by Crippen LogP contribution is 2.30. The Balaban J connectivity index is 2.02. The van der Waals surface area contributed by atoms with Gasteiger partial charge in [0, 0.05) is 25.2 Å². The molecule has 0 atom stereocenters. The number of rotatable bonds is 4. The number of para-hydroxylation sites is 1. The summed E-state index contributed by atoms with van der Waals surface area (Å²) in [5, 5.41) is 12.1. The molecule has 0 spiro atoms. The number of amides is 1. The number of nitrogens with one attached hydrogen (secondary N) is 1. The SMILES string of the molecule is O=C(NCC1(CF)CCOCC1)c1cccc(F)c1O. The second-order valence-corrected chi connectivity index (χ2v) is 5.06. The Morgan fingerprint density at radius 3 is 2.75 bits per heavy atom. The van der Waals surface area contributed by atoms with Crippen molar-refractivity contribution in [3.8, 4) is 5.75 Å². The van der Waals surface area contributed by atoms with E-state index in [1.54, 1.807) is 0 Å². The van der Waals surface area contributed by atoms with Crippen LogP contribution in [0.25, 0.3) is 0 Å². The van der Waals surface area contributed by atoms with Gasteiger partial charge in [-0.05, 0) is 25.0 Å². The van der Waals surface area contributed by atoms with E-state index in [0.29, 0.717) is 26.1 Å². The van der Waals surface area contributed by atoms with Crippen molar-refractivity contribution in [1.29, 1.82) is 0 Å². The number of halogens is 2. The highest BCUT2D eigenvalue weighted by atomic mass is 19.1. The zero-order valence-electron chi connectivity index (χ0n) is 11.0. The van der Waals surface area contributed by atoms with Crippen LogP contribution in [-0.4, -0.2) is 37.4 Å². The van der Waals surface area contributed by atoms with Crippen molar-refractivity contribution >= 4 is 5.91 Å². The van der Waals surface area contributed by atoms with Gasteiger partial charge >= 0.3 is 0 Å². The van der Waals surface area contributed by atoms with Crippen LogP contribution >= 0.6 is 0 Å². The molecule has 1 aromatic rings. The fourth-order valence-electron chi connectivity index (χ4n) is 2.22. The van der Waals surface area contributed by atoms with Crippen LogP contribution in [0.1, 0.15) is 23.2 Å². The number of hydrogen-bond donors (Lipinski definition) is 2. The second-order valence-electron chi connectivity index (χ2n) is 5.06. The lowest BCUT2D eigenvalue weighted by atomic mass is 9.81. The fraction of sp³-hybridized carbons (Fsp3) is 0.500. The molecule has 0 aromatic heterocycles. The maximum atomic E-state index is 13.2. The lowest BCUT2D eigenvalue weighted by Gasteiger charge is -2.34. The van der Waals surface area contributed by atoms with Crippen molar-refractivity contribution < 1.29 is 23.4 Å². The highest BCUT2D eigenvalue weighted by molar-refractivity contribution is 5.96. The van der Waals surface area contributed by atoms with Crippen LogP contribution in [0.3, 0.4) is 0 Å². The van der Waals surface area contributed by atoms with Crippen molar-refractivity contribution in [3.63, 3.8) is 0 Å². The summed E-state index contributed by atoms with van der Waals surface area (Å²) in [4.78, 5) is 11.9. The number of hydrogen-bond acceptors (Lipinski definition) is 3. The lowest BCUT2D eigenvalue weighted by molar-refractivity contribution is 0.00260. The molecule has 0 unspecified atom stereocenters. The van der Waals surface area contributed by atoms with E-state index in [1.807, 2.05) is 0 Å². The van der Waals surface area contributed by atoms with Crippen molar-refractivity contribution in [2.24, 2.45) is 5.41 Å². The molecule has 1 amide bonds. The first kappa shape index (κ1) is 14.7. The molecule has 0 saturated carbocycles. The average Bonchev–Trinajstić information content (AvgIpc) is 2.48. The molecule has 0 bridgehead atoms. The third-order valence-electron chi connectivity index (χ3n) is 3.69. The minimum absolute atomic E-state index is 0.141. The highest BCUT2D eigenvalue weighted by Gasteiger charge is 2.33. The first-order valence-corrected chi connectivity index (χ1v) is 6.47. The normalized spacial score (nSPS) is 17.7. The maximum absolute atomic E-state index is 13.2. The Bertz CT molecular complexity index is 487. The van der Waals surface area contributed by atoms with Gasteiger partial charge in [0.15, 0.2) is 11.6 Å². The molecule has 110 valence electrons. The van der Waals surface area contributed by atoms with E-state index in [0.717, 1.165) is 6.07 Å². The number of alkyl halides is 1. The Labute approximate surface area is 115 Å². The van der Waals surface area contributed by atoms with E-state index in [2.05, 4.69) is 5.32 Å². The number of phenols is 1. The van der Waals surface area contributed by atoms with Crippen LogP contribution in [0.4, 0.5) is 8.78 Å². The summed E-state index contributed by atoms with van der Waals surface area (Å²) < 4.78 is 31.6. The number of phenolic OH excluding ortho intramolecular Hbond substituents is 1. The first-order valence-electron chi connectivity index (χ1n) is 6.47. The van der Waals surface area contributed by atoms with E-state index < -0.39 is 29.6 Å². The summed E-state index contributed by atoms with van der Waals surface area (Å²) >= 11 is 0. The minimum Gasteiger partial charge on any atom is -0.504 e. The Morgan fingerprint density at radius 1 is 1.40 bits per heavy atom. The van der Waals surface area contributed by atoms with Crippen molar-refractivity contribution in [2.75, 3.05) is 26.4 Å². The van der Waals surface area contributed by atoms with Gasteiger partial charge in [0.1, 0.15) is 0 Å². The van der Waals surface area contributed by atoms with E-state index in [-0.39, 0.29) is 12.1 Å². The molecule has 1 aliphatic rings. The molecule has 2 N–H and O–H groups in total. The Kier molecular flexibility index (Phi) is 4.54. The zero-order chi connectivity index (χ0) is 14.6. The first-order chi connectivity index (χ1) is 9.58. The van der Waals surface area contributed by atoms with Crippen molar-refractivity contribution in [2.45, 2.75) is 12.8 Å². The van der Waals surface area contributed by atoms with Crippen LogP contribution < -0.4 is 5.32 Å². The van der Waals surface area contributed by atoms with Gasteiger partial charge in [0.05, 0.1) is 12.2 Å². The summed E-state index contributed by atoms with van der Waals surface area (Å²) in [6.07, 6.45) is 1.05. The number of ether oxygens (including phenoxy) is 1. The van der Waals surface area contributed by atoms with Gasteiger partial charge in [-0.1, -0.05) is 6.07 Å². The van der Waals surface area contributed by atoms with Crippen LogP contribution in [0.5, 0.6) is 5.75 Å². The van der Waals surface area contributed by atoms with Crippen molar-refractivity contribution in [1.82, 2.24) is 5.32 Å². The summed E-state index contributed by atoms with van der Waals surface area (Å²) in [6, 6.07) is 3.72. The Morgan fingerprint density at radius 2 is 2.10 bits per heavy atom. The van der Waals surface area contributed by atoms with Gasteiger partial charge in [0.25, 0.3) is 5.91 Å². The Hall–Kier alpha value is -1.69. The topological polar surface area (TPSA) is 58.6 Å². The molecule has 4 nitrogen and oxygen atoms in total. The second kappa shape index (κ2) is 6.17. The molecular weight excluding hydrogens is 268 g/mol. The summed E-state index contributed by atoms with van der Waals surface area (Å²) in [7, 11) is 0. The minimum atomic E-state index is -0.857. The molecule has 1 heterocycles. The molecule has 6 heteroatoms. The summed E-state index contributed by atoms with van der Waals surface area (Å²) in [6.45, 7) is 0.517. The third-order valence-corrected chi connectivity index (χ3v) is 3.69. The number of benzene rings is 1. The molecule has 1 aromatic carbocycles. The smallest absolute Gasteiger partial charge is 0.255 e. The molecule has 0 radical (unpaired) electrons. The van der Waals surface area contributed by atoms with Crippen molar-refractivity contribution in [3.05, 3.63) is 29.6 Å². The molecule has 1 fully saturated rings. The van der Waals surface area contributed by atoms with E-state index in [4.69, 9.17) is 4.74 Å². The predicted molar refractivity (Wildman–Crippen MR) is 68.9 cm³/mol. The third kappa shape index (κ3) is 3.07. The quantitative estimate of drug-likeness (QED) is 0.890. The number of aromatic hydroxyl groups is 1. The monoisotopic (exact) mass is 285 g/mol. The van der Waals surface area contributed by atoms with Crippen LogP contribution in [-0.2, 0) is 4.74 Å². The predicted octanol–water partition coefficient (Wildman–Crippen LogP) is 2.03. The molecule has 1 saturated heterocycles.